The molecule has 2 aromatic rings. The first-order chi connectivity index (χ1) is 12.0. The molecule has 10 heteroatoms. The molecule has 0 spiro atoms. The Morgan fingerprint density at radius 3 is 2.19 bits per heavy atom. The molecular formula is C16H12F4O5S. The summed E-state index contributed by atoms with van der Waals surface area (Å²) in [7, 11) is -4.63. The van der Waals surface area contributed by atoms with Crippen LogP contribution in [0.3, 0.4) is 0 Å². The number of carbonyl (C=O) groups is 1. The molecule has 2 rings (SSSR count). The van der Waals surface area contributed by atoms with E-state index in [2.05, 4.69) is 8.92 Å². The molecule has 0 aliphatic carbocycles. The first kappa shape index (κ1) is 19.7. The third-order valence-electron chi connectivity index (χ3n) is 3.27. The van der Waals surface area contributed by atoms with E-state index in [1.807, 2.05) is 0 Å². The van der Waals surface area contributed by atoms with Crippen LogP contribution in [0, 0.1) is 5.82 Å². The van der Waals surface area contributed by atoms with Crippen LogP contribution < -0.4 is 4.18 Å². The number of rotatable bonds is 5. The summed E-state index contributed by atoms with van der Waals surface area (Å²) in [5.41, 5.74) is -4.60. The highest BCUT2D eigenvalue weighted by Crippen LogP contribution is 2.30. The molecule has 140 valence electrons. The summed E-state index contributed by atoms with van der Waals surface area (Å²) in [6, 6.07) is 8.67. The molecular weight excluding hydrogens is 380 g/mol. The van der Waals surface area contributed by atoms with Crippen LogP contribution in [0.25, 0.3) is 11.1 Å². The topological polar surface area (TPSA) is 69.7 Å². The molecule has 0 unspecified atom stereocenters. The predicted octanol–water partition coefficient (Wildman–Crippen LogP) is 3.44. The zero-order chi connectivity index (χ0) is 19.5. The number of benzene rings is 2. The molecule has 0 atom stereocenters. The second-order valence-electron chi connectivity index (χ2n) is 5.07. The van der Waals surface area contributed by atoms with Crippen molar-refractivity contribution in [1.82, 2.24) is 0 Å². The van der Waals surface area contributed by atoms with Crippen LogP contribution in [0.2, 0.25) is 0 Å². The fraction of sp³-hybridized carbons (Fsp3) is 0.188. The van der Waals surface area contributed by atoms with Crippen molar-refractivity contribution in [3.05, 3.63) is 53.8 Å². The molecule has 0 radical (unpaired) electrons. The van der Waals surface area contributed by atoms with E-state index in [0.717, 1.165) is 12.1 Å². The number of methoxy groups -OCH3 is 1. The smallest absolute Gasteiger partial charge is 0.469 e. The number of ether oxygens (including phenoxy) is 1. The van der Waals surface area contributed by atoms with Gasteiger partial charge in [-0.15, -0.1) is 0 Å². The van der Waals surface area contributed by atoms with Gasteiger partial charge in [-0.2, -0.15) is 21.6 Å². The molecule has 0 fully saturated rings. The lowest BCUT2D eigenvalue weighted by Crippen LogP contribution is -2.28. The van der Waals surface area contributed by atoms with Crippen molar-refractivity contribution >= 4 is 16.1 Å². The first-order valence-electron chi connectivity index (χ1n) is 7.00. The summed E-state index contributed by atoms with van der Waals surface area (Å²) >= 11 is 0. The maximum atomic E-state index is 14.1. The number of hydrogen-bond acceptors (Lipinski definition) is 5. The molecule has 2 aromatic carbocycles. The van der Waals surface area contributed by atoms with Gasteiger partial charge in [-0.05, 0) is 23.3 Å². The zero-order valence-corrected chi connectivity index (χ0v) is 14.0. The minimum Gasteiger partial charge on any atom is -0.469 e. The number of alkyl halides is 3. The highest BCUT2D eigenvalue weighted by molar-refractivity contribution is 7.88. The monoisotopic (exact) mass is 392 g/mol. The van der Waals surface area contributed by atoms with E-state index in [1.54, 1.807) is 12.1 Å². The van der Waals surface area contributed by atoms with E-state index >= 15 is 0 Å². The molecule has 0 N–H and O–H groups in total. The van der Waals surface area contributed by atoms with Gasteiger partial charge in [-0.1, -0.05) is 24.3 Å². The molecule has 0 heterocycles. The second kappa shape index (κ2) is 7.32. The van der Waals surface area contributed by atoms with Gasteiger partial charge in [-0.3, -0.25) is 4.79 Å². The standard InChI is InChI=1S/C16H12F4O5S/c1-24-15(21)8-10-2-4-11(5-3-10)13-7-6-12(9-14(13)17)25-26(22,23)16(18,19)20/h2-7,9H,8H2,1H3. The third kappa shape index (κ3) is 4.51. The van der Waals surface area contributed by atoms with Gasteiger partial charge in [0.2, 0.25) is 0 Å². The Hall–Kier alpha value is -2.62. The van der Waals surface area contributed by atoms with Gasteiger partial charge >= 0.3 is 21.6 Å². The minimum atomic E-state index is -5.88. The van der Waals surface area contributed by atoms with Crippen molar-refractivity contribution in [2.45, 2.75) is 11.9 Å². The quantitative estimate of drug-likeness (QED) is 0.338. The molecule has 5 nitrogen and oxygen atoms in total. The Balaban J connectivity index is 2.23. The highest BCUT2D eigenvalue weighted by Gasteiger charge is 2.48. The van der Waals surface area contributed by atoms with Gasteiger partial charge in [0.15, 0.2) is 0 Å². The second-order valence-corrected chi connectivity index (χ2v) is 6.61. The number of esters is 1. The third-order valence-corrected chi connectivity index (χ3v) is 4.25. The number of halogens is 4. The fourth-order valence-corrected chi connectivity index (χ4v) is 2.45. The Labute approximate surface area is 146 Å². The summed E-state index contributed by atoms with van der Waals surface area (Å²) in [4.78, 5) is 11.2. The lowest BCUT2D eigenvalue weighted by molar-refractivity contribution is -0.139. The van der Waals surface area contributed by atoms with E-state index in [-0.39, 0.29) is 12.0 Å². The van der Waals surface area contributed by atoms with E-state index in [9.17, 15) is 30.8 Å². The predicted molar refractivity (Wildman–Crippen MR) is 83.2 cm³/mol. The maximum absolute atomic E-state index is 14.1. The molecule has 0 aliphatic heterocycles. The fourth-order valence-electron chi connectivity index (χ4n) is 2.00. The average molecular weight is 392 g/mol. The average Bonchev–Trinajstić information content (AvgIpc) is 2.54. The summed E-state index contributed by atoms with van der Waals surface area (Å²) in [6.07, 6.45) is 0.0291. The van der Waals surface area contributed by atoms with Gasteiger partial charge in [0.1, 0.15) is 11.6 Å². The van der Waals surface area contributed by atoms with E-state index < -0.39 is 33.2 Å². The molecule has 0 aliphatic rings. The lowest BCUT2D eigenvalue weighted by atomic mass is 10.0. The minimum absolute atomic E-state index is 0.0198. The van der Waals surface area contributed by atoms with Crippen molar-refractivity contribution in [1.29, 1.82) is 0 Å². The van der Waals surface area contributed by atoms with E-state index in [0.29, 0.717) is 17.2 Å². The maximum Gasteiger partial charge on any atom is 0.534 e. The summed E-state index contributed by atoms with van der Waals surface area (Å²) in [5.74, 6) is -2.22. The Kier molecular flexibility index (Phi) is 5.55. The van der Waals surface area contributed by atoms with Crippen molar-refractivity contribution in [3.8, 4) is 16.9 Å². The van der Waals surface area contributed by atoms with E-state index in [4.69, 9.17) is 0 Å². The van der Waals surface area contributed by atoms with Gasteiger partial charge in [0, 0.05) is 11.6 Å². The van der Waals surface area contributed by atoms with Crippen LogP contribution >= 0.6 is 0 Å². The van der Waals surface area contributed by atoms with Crippen LogP contribution in [0.15, 0.2) is 42.5 Å². The van der Waals surface area contributed by atoms with Gasteiger partial charge in [-0.25, -0.2) is 4.39 Å². The molecule has 26 heavy (non-hydrogen) atoms. The molecule has 0 aromatic heterocycles. The molecule has 0 bridgehead atoms. The number of carbonyl (C=O) groups excluding carboxylic acids is 1. The largest absolute Gasteiger partial charge is 0.534 e. The van der Waals surface area contributed by atoms with Crippen LogP contribution in [-0.2, 0) is 26.1 Å². The van der Waals surface area contributed by atoms with Gasteiger partial charge < -0.3 is 8.92 Å². The van der Waals surface area contributed by atoms with Gasteiger partial charge in [0.05, 0.1) is 13.5 Å². The number of hydrogen-bond donors (Lipinski definition) is 0. The van der Waals surface area contributed by atoms with Crippen molar-refractivity contribution in [2.24, 2.45) is 0 Å². The Bertz CT molecular complexity index is 905. The lowest BCUT2D eigenvalue weighted by Gasteiger charge is -2.11. The first-order valence-corrected chi connectivity index (χ1v) is 8.41. The summed E-state index contributed by atoms with van der Waals surface area (Å²) in [6.45, 7) is 0. The van der Waals surface area contributed by atoms with Crippen molar-refractivity contribution in [3.63, 3.8) is 0 Å². The van der Waals surface area contributed by atoms with Crippen LogP contribution in [-0.4, -0.2) is 27.0 Å². The van der Waals surface area contributed by atoms with E-state index in [1.165, 1.54) is 19.2 Å². The summed E-state index contributed by atoms with van der Waals surface area (Å²) in [5, 5.41) is 0. The van der Waals surface area contributed by atoms with Crippen molar-refractivity contribution < 1.29 is 39.7 Å². The van der Waals surface area contributed by atoms with Crippen LogP contribution in [0.5, 0.6) is 5.75 Å². The van der Waals surface area contributed by atoms with Crippen LogP contribution in [0.1, 0.15) is 5.56 Å². The molecule has 0 saturated carbocycles. The Morgan fingerprint density at radius 1 is 1.08 bits per heavy atom. The highest BCUT2D eigenvalue weighted by atomic mass is 32.2. The SMILES string of the molecule is COC(=O)Cc1ccc(-c2ccc(OS(=O)(=O)C(F)(F)F)cc2F)cc1. The Morgan fingerprint density at radius 2 is 1.69 bits per heavy atom. The van der Waals surface area contributed by atoms with Crippen LogP contribution in [0.4, 0.5) is 17.6 Å². The molecule has 0 saturated heterocycles. The summed E-state index contributed by atoms with van der Waals surface area (Å²) < 4.78 is 81.2. The van der Waals surface area contributed by atoms with Crippen molar-refractivity contribution in [2.75, 3.05) is 7.11 Å². The molecule has 0 amide bonds. The van der Waals surface area contributed by atoms with Gasteiger partial charge in [0.25, 0.3) is 0 Å². The zero-order valence-electron chi connectivity index (χ0n) is 13.2. The normalized spacial score (nSPS) is 11.9.